The molecule has 1 saturated heterocycles. The van der Waals surface area contributed by atoms with Crippen molar-refractivity contribution in [1.29, 1.82) is 0 Å². The highest BCUT2D eigenvalue weighted by atomic mass is 35.5. The first-order valence-corrected chi connectivity index (χ1v) is 7.95. The van der Waals surface area contributed by atoms with Crippen LogP contribution < -0.4 is 11.5 Å². The van der Waals surface area contributed by atoms with Gasteiger partial charge in [0.05, 0.1) is 0 Å². The van der Waals surface area contributed by atoms with Gasteiger partial charge in [-0.25, -0.2) is 0 Å². The van der Waals surface area contributed by atoms with Gasteiger partial charge in [0.2, 0.25) is 11.8 Å². The molecule has 1 aromatic carbocycles. The number of nitrogen functional groups attached to an aromatic ring is 1. The van der Waals surface area contributed by atoms with Gasteiger partial charge in [0, 0.05) is 31.6 Å². The van der Waals surface area contributed by atoms with Crippen molar-refractivity contribution in [2.45, 2.75) is 38.5 Å². The van der Waals surface area contributed by atoms with Gasteiger partial charge in [-0.2, -0.15) is 0 Å². The Bertz CT molecular complexity index is 536. The summed E-state index contributed by atoms with van der Waals surface area (Å²) in [5, 5.41) is 0. The normalized spacial score (nSPS) is 17.4. The Kier molecular flexibility index (Phi) is 7.89. The van der Waals surface area contributed by atoms with E-state index in [1.54, 1.807) is 0 Å². The molecule has 0 spiro atoms. The van der Waals surface area contributed by atoms with E-state index in [1.165, 1.54) is 0 Å². The molecule has 0 saturated carbocycles. The average molecular weight is 340 g/mol. The van der Waals surface area contributed by atoms with Crippen LogP contribution >= 0.6 is 12.4 Å². The molecule has 5 nitrogen and oxygen atoms in total. The van der Waals surface area contributed by atoms with Crippen LogP contribution in [0.2, 0.25) is 0 Å². The Morgan fingerprint density at radius 1 is 1.22 bits per heavy atom. The van der Waals surface area contributed by atoms with E-state index in [4.69, 9.17) is 11.5 Å². The lowest BCUT2D eigenvalue weighted by atomic mass is 9.93. The van der Waals surface area contributed by atoms with Crippen LogP contribution in [0.3, 0.4) is 0 Å². The van der Waals surface area contributed by atoms with Gasteiger partial charge >= 0.3 is 0 Å². The zero-order valence-corrected chi connectivity index (χ0v) is 14.2. The van der Waals surface area contributed by atoms with E-state index in [0.717, 1.165) is 43.6 Å². The number of hydrogen-bond acceptors (Lipinski definition) is 3. The monoisotopic (exact) mass is 339 g/mol. The predicted molar refractivity (Wildman–Crippen MR) is 94.2 cm³/mol. The molecule has 1 aliphatic rings. The summed E-state index contributed by atoms with van der Waals surface area (Å²) < 4.78 is 0. The Balaban J connectivity index is 0.00000264. The molecule has 1 unspecified atom stereocenters. The number of rotatable bonds is 6. The summed E-state index contributed by atoms with van der Waals surface area (Å²) >= 11 is 0. The maximum absolute atomic E-state index is 12.4. The van der Waals surface area contributed by atoms with E-state index < -0.39 is 0 Å². The molecule has 1 atom stereocenters. The first-order chi connectivity index (χ1) is 10.6. The number of amides is 2. The fourth-order valence-corrected chi connectivity index (χ4v) is 3.04. The lowest BCUT2D eigenvalue weighted by Crippen LogP contribution is -2.40. The molecule has 1 heterocycles. The number of carbonyl (C=O) groups is 2. The molecule has 1 aliphatic heterocycles. The molecule has 0 aromatic heterocycles. The molecule has 0 aliphatic carbocycles. The Labute approximate surface area is 143 Å². The van der Waals surface area contributed by atoms with Gasteiger partial charge in [-0.05, 0) is 43.2 Å². The second kappa shape index (κ2) is 9.40. The van der Waals surface area contributed by atoms with Crippen molar-refractivity contribution >= 4 is 29.9 Å². The second-order valence-corrected chi connectivity index (χ2v) is 6.05. The van der Waals surface area contributed by atoms with Gasteiger partial charge in [0.25, 0.3) is 0 Å². The Morgan fingerprint density at radius 2 is 1.96 bits per heavy atom. The quantitative estimate of drug-likeness (QED) is 0.778. The number of piperidine rings is 1. The zero-order chi connectivity index (χ0) is 15.9. The lowest BCUT2D eigenvalue weighted by Gasteiger charge is -2.32. The molecule has 0 bridgehead atoms. The second-order valence-electron chi connectivity index (χ2n) is 6.05. The molecule has 6 heteroatoms. The minimum atomic E-state index is -0.261. The number of para-hydroxylation sites is 1. The van der Waals surface area contributed by atoms with Crippen molar-refractivity contribution in [2.75, 3.05) is 18.8 Å². The van der Waals surface area contributed by atoms with Crippen LogP contribution in [0.1, 0.15) is 37.7 Å². The standard InChI is InChI=1S/C17H25N3O2.ClH/c18-15-6-2-1-5-14(15)8-10-17(22)20-11-3-4-13(12-20)7-9-16(19)21;/h1-2,5-6,13H,3-4,7-12,18H2,(H2,19,21);1H. The molecule has 2 rings (SSSR count). The highest BCUT2D eigenvalue weighted by Crippen LogP contribution is 2.22. The Hall–Kier alpha value is -1.75. The van der Waals surface area contributed by atoms with Gasteiger partial charge in [-0.1, -0.05) is 18.2 Å². The van der Waals surface area contributed by atoms with Gasteiger partial charge in [0.15, 0.2) is 0 Å². The van der Waals surface area contributed by atoms with Crippen molar-refractivity contribution in [2.24, 2.45) is 11.7 Å². The van der Waals surface area contributed by atoms with Crippen LogP contribution in [0.15, 0.2) is 24.3 Å². The fourth-order valence-electron chi connectivity index (χ4n) is 3.04. The smallest absolute Gasteiger partial charge is 0.222 e. The van der Waals surface area contributed by atoms with Gasteiger partial charge in [0.1, 0.15) is 0 Å². The van der Waals surface area contributed by atoms with Crippen LogP contribution in [0.25, 0.3) is 0 Å². The van der Waals surface area contributed by atoms with Gasteiger partial charge < -0.3 is 16.4 Å². The molecular weight excluding hydrogens is 314 g/mol. The van der Waals surface area contributed by atoms with Crippen molar-refractivity contribution in [3.05, 3.63) is 29.8 Å². The maximum Gasteiger partial charge on any atom is 0.222 e. The molecule has 1 aromatic rings. The number of nitrogens with zero attached hydrogens (tertiary/aromatic N) is 1. The highest BCUT2D eigenvalue weighted by Gasteiger charge is 2.23. The van der Waals surface area contributed by atoms with Gasteiger partial charge in [-0.15, -0.1) is 12.4 Å². The number of aryl methyl sites for hydroxylation is 1. The van der Waals surface area contributed by atoms with Crippen molar-refractivity contribution in [3.8, 4) is 0 Å². The first kappa shape index (κ1) is 19.3. The number of primary amides is 1. The molecule has 0 radical (unpaired) electrons. The number of anilines is 1. The number of benzene rings is 1. The van der Waals surface area contributed by atoms with Crippen molar-refractivity contribution < 1.29 is 9.59 Å². The highest BCUT2D eigenvalue weighted by molar-refractivity contribution is 5.85. The summed E-state index contributed by atoms with van der Waals surface area (Å²) in [5.41, 5.74) is 12.9. The summed E-state index contributed by atoms with van der Waals surface area (Å²) in [5.74, 6) is 0.307. The average Bonchev–Trinajstić information content (AvgIpc) is 2.52. The number of likely N-dealkylation sites (tertiary alicyclic amines) is 1. The van der Waals surface area contributed by atoms with Crippen LogP contribution in [0.5, 0.6) is 0 Å². The zero-order valence-electron chi connectivity index (χ0n) is 13.4. The van der Waals surface area contributed by atoms with Crippen LogP contribution in [-0.4, -0.2) is 29.8 Å². The van der Waals surface area contributed by atoms with E-state index >= 15 is 0 Å². The Morgan fingerprint density at radius 3 is 2.65 bits per heavy atom. The van der Waals surface area contributed by atoms with E-state index in [1.807, 2.05) is 29.2 Å². The third-order valence-electron chi connectivity index (χ3n) is 4.33. The predicted octanol–water partition coefficient (Wildman–Crippen LogP) is 2.13. The number of halogens is 1. The van der Waals surface area contributed by atoms with Gasteiger partial charge in [-0.3, -0.25) is 9.59 Å². The first-order valence-electron chi connectivity index (χ1n) is 7.95. The molecular formula is C17H26ClN3O2. The SMILES string of the molecule is Cl.NC(=O)CCC1CCCN(C(=O)CCc2ccccc2N)C1. The summed E-state index contributed by atoms with van der Waals surface area (Å²) in [6.07, 6.45) is 4.42. The molecule has 1 fully saturated rings. The third kappa shape index (κ3) is 6.10. The molecule has 128 valence electrons. The van der Waals surface area contributed by atoms with Crippen LogP contribution in [0.4, 0.5) is 5.69 Å². The largest absolute Gasteiger partial charge is 0.399 e. The van der Waals surface area contributed by atoms with E-state index in [-0.39, 0.29) is 24.2 Å². The van der Waals surface area contributed by atoms with Crippen molar-refractivity contribution in [3.63, 3.8) is 0 Å². The summed E-state index contributed by atoms with van der Waals surface area (Å²) in [6, 6.07) is 7.67. The topological polar surface area (TPSA) is 89.4 Å². The van der Waals surface area contributed by atoms with Crippen molar-refractivity contribution in [1.82, 2.24) is 4.90 Å². The third-order valence-corrected chi connectivity index (χ3v) is 4.33. The molecule has 2 amide bonds. The minimum Gasteiger partial charge on any atom is -0.399 e. The number of hydrogen-bond donors (Lipinski definition) is 2. The number of nitrogens with two attached hydrogens (primary N) is 2. The summed E-state index contributed by atoms with van der Waals surface area (Å²) in [7, 11) is 0. The van der Waals surface area contributed by atoms with E-state index in [2.05, 4.69) is 0 Å². The fraction of sp³-hybridized carbons (Fsp3) is 0.529. The van der Waals surface area contributed by atoms with E-state index in [9.17, 15) is 9.59 Å². The van der Waals surface area contributed by atoms with Crippen LogP contribution in [-0.2, 0) is 16.0 Å². The number of carbonyl (C=O) groups excluding carboxylic acids is 2. The van der Waals surface area contributed by atoms with Crippen LogP contribution in [0, 0.1) is 5.92 Å². The minimum absolute atomic E-state index is 0. The maximum atomic E-state index is 12.4. The lowest BCUT2D eigenvalue weighted by molar-refractivity contribution is -0.133. The molecule has 4 N–H and O–H groups in total. The van der Waals surface area contributed by atoms with E-state index in [0.29, 0.717) is 25.2 Å². The summed E-state index contributed by atoms with van der Waals surface area (Å²) in [6.45, 7) is 1.56. The molecule has 23 heavy (non-hydrogen) atoms. The summed E-state index contributed by atoms with van der Waals surface area (Å²) in [4.78, 5) is 25.2.